The minimum atomic E-state index is -0.665. The summed E-state index contributed by atoms with van der Waals surface area (Å²) in [5.74, 6) is 7.47. The van der Waals surface area contributed by atoms with Gasteiger partial charge in [0.25, 0.3) is 0 Å². The number of para-hydroxylation sites is 3. The highest BCUT2D eigenvalue weighted by Gasteiger charge is 2.44. The highest BCUT2D eigenvalue weighted by Crippen LogP contribution is 2.54. The van der Waals surface area contributed by atoms with E-state index in [1.807, 2.05) is 6.07 Å². The Bertz CT molecular complexity index is 2770. The summed E-state index contributed by atoms with van der Waals surface area (Å²) >= 11 is 0. The topological polar surface area (TPSA) is 8.17 Å². The maximum absolute atomic E-state index is 3.87. The first-order chi connectivity index (χ1) is 26.3. The van der Waals surface area contributed by atoms with Crippen molar-refractivity contribution in [3.8, 4) is 28.7 Å². The third-order valence-corrected chi connectivity index (χ3v) is 10.6. The molecule has 1 heterocycles. The van der Waals surface area contributed by atoms with Gasteiger partial charge in [0.15, 0.2) is 0 Å². The van der Waals surface area contributed by atoms with Crippen molar-refractivity contribution < 1.29 is 0 Å². The van der Waals surface area contributed by atoms with E-state index in [-0.39, 0.29) is 0 Å². The molecule has 0 saturated carbocycles. The fraction of sp³-hybridized carbons (Fsp3) is 0.0196. The van der Waals surface area contributed by atoms with E-state index in [1.54, 1.807) is 0 Å². The predicted octanol–water partition coefficient (Wildman–Crippen LogP) is 12.6. The van der Waals surface area contributed by atoms with Crippen molar-refractivity contribution in [3.05, 3.63) is 229 Å². The number of hydrogen-bond acceptors (Lipinski definition) is 1. The Labute approximate surface area is 309 Å². The molecule has 1 aromatic heterocycles. The molecule has 0 aliphatic heterocycles. The van der Waals surface area contributed by atoms with Crippen LogP contribution in [0.5, 0.6) is 0 Å². The van der Waals surface area contributed by atoms with Crippen LogP contribution in [0.15, 0.2) is 206 Å². The third-order valence-electron chi connectivity index (χ3n) is 10.6. The van der Waals surface area contributed by atoms with Crippen LogP contribution in [0.3, 0.4) is 0 Å². The van der Waals surface area contributed by atoms with Gasteiger partial charge in [0, 0.05) is 39.1 Å². The van der Waals surface area contributed by atoms with Crippen molar-refractivity contribution >= 4 is 38.9 Å². The summed E-state index contributed by atoms with van der Waals surface area (Å²) in [6.45, 7) is 0. The Hall–Kier alpha value is -7.08. The maximum Gasteiger partial charge on any atom is 0.108 e. The zero-order valence-corrected chi connectivity index (χ0v) is 29.0. The third kappa shape index (κ3) is 4.98. The lowest BCUT2D eigenvalue weighted by Crippen LogP contribution is -2.25. The van der Waals surface area contributed by atoms with Gasteiger partial charge in [-0.15, -0.1) is 0 Å². The molecular formula is C51H34N2. The van der Waals surface area contributed by atoms with Crippen molar-refractivity contribution in [3.63, 3.8) is 0 Å². The van der Waals surface area contributed by atoms with Crippen LogP contribution in [0, 0.1) is 11.8 Å². The molecule has 1 atom stereocenters. The van der Waals surface area contributed by atoms with Crippen LogP contribution >= 0.6 is 0 Å². The summed E-state index contributed by atoms with van der Waals surface area (Å²) in [7, 11) is 0. The summed E-state index contributed by atoms with van der Waals surface area (Å²) in [5.41, 5.74) is 13.1. The van der Waals surface area contributed by atoms with E-state index in [4.69, 9.17) is 0 Å². The SMILES string of the molecule is C(#CC1(c2ccccc2)c2ccccc2-c2ccc(N(c3ccccc3)c3ccc(-n4c5ccccc5c5ccccc54)cc3)cc21)c1ccccc1. The van der Waals surface area contributed by atoms with Gasteiger partial charge in [-0.3, -0.25) is 0 Å². The molecule has 10 rings (SSSR count). The van der Waals surface area contributed by atoms with E-state index in [9.17, 15) is 0 Å². The first kappa shape index (κ1) is 30.7. The molecule has 8 aromatic carbocycles. The normalized spacial score (nSPS) is 14.3. The van der Waals surface area contributed by atoms with E-state index in [0.29, 0.717) is 0 Å². The van der Waals surface area contributed by atoms with Crippen molar-refractivity contribution in [2.75, 3.05) is 4.90 Å². The number of aromatic nitrogens is 1. The van der Waals surface area contributed by atoms with Crippen LogP contribution in [0.25, 0.3) is 38.6 Å². The summed E-state index contributed by atoms with van der Waals surface area (Å²) in [4.78, 5) is 2.36. The highest BCUT2D eigenvalue weighted by molar-refractivity contribution is 6.09. The lowest BCUT2D eigenvalue weighted by molar-refractivity contribution is 0.837. The second-order valence-corrected chi connectivity index (χ2v) is 13.6. The Morgan fingerprint density at radius 3 is 1.64 bits per heavy atom. The summed E-state index contributed by atoms with van der Waals surface area (Å²) in [6.07, 6.45) is 0. The second-order valence-electron chi connectivity index (χ2n) is 13.6. The van der Waals surface area contributed by atoms with Crippen molar-refractivity contribution in [1.82, 2.24) is 4.57 Å². The van der Waals surface area contributed by atoms with E-state index >= 15 is 0 Å². The molecule has 0 amide bonds. The zero-order chi connectivity index (χ0) is 35.2. The molecule has 0 bridgehead atoms. The molecule has 2 heteroatoms. The number of rotatable bonds is 5. The molecule has 248 valence electrons. The van der Waals surface area contributed by atoms with Gasteiger partial charge in [-0.25, -0.2) is 0 Å². The Morgan fingerprint density at radius 1 is 0.415 bits per heavy atom. The Morgan fingerprint density at radius 2 is 0.943 bits per heavy atom. The smallest absolute Gasteiger partial charge is 0.108 e. The number of hydrogen-bond donors (Lipinski definition) is 0. The minimum Gasteiger partial charge on any atom is -0.310 e. The minimum absolute atomic E-state index is 0.665. The van der Waals surface area contributed by atoms with Crippen molar-refractivity contribution in [1.29, 1.82) is 0 Å². The molecular weight excluding hydrogens is 641 g/mol. The monoisotopic (exact) mass is 674 g/mol. The van der Waals surface area contributed by atoms with Gasteiger partial charge in [0.1, 0.15) is 5.41 Å². The Kier molecular flexibility index (Phi) is 7.30. The van der Waals surface area contributed by atoms with Gasteiger partial charge in [-0.2, -0.15) is 0 Å². The Balaban J connectivity index is 1.16. The number of benzene rings is 8. The van der Waals surface area contributed by atoms with Crippen LogP contribution in [-0.4, -0.2) is 4.57 Å². The van der Waals surface area contributed by atoms with Gasteiger partial charge < -0.3 is 9.47 Å². The molecule has 0 N–H and O–H groups in total. The first-order valence-electron chi connectivity index (χ1n) is 18.1. The summed E-state index contributed by atoms with van der Waals surface area (Å²) in [5, 5.41) is 2.52. The fourth-order valence-electron chi connectivity index (χ4n) is 8.28. The van der Waals surface area contributed by atoms with E-state index < -0.39 is 5.41 Å². The van der Waals surface area contributed by atoms with Crippen molar-refractivity contribution in [2.45, 2.75) is 5.41 Å². The molecule has 1 unspecified atom stereocenters. The average Bonchev–Trinajstić information content (AvgIpc) is 3.72. The largest absolute Gasteiger partial charge is 0.310 e. The van der Waals surface area contributed by atoms with E-state index in [1.165, 1.54) is 44.1 Å². The molecule has 53 heavy (non-hydrogen) atoms. The van der Waals surface area contributed by atoms with E-state index in [0.717, 1.165) is 33.9 Å². The predicted molar refractivity (Wildman–Crippen MR) is 221 cm³/mol. The maximum atomic E-state index is 3.87. The molecule has 2 nitrogen and oxygen atoms in total. The number of nitrogens with zero attached hydrogens (tertiary/aromatic N) is 2. The molecule has 0 saturated heterocycles. The van der Waals surface area contributed by atoms with Crippen molar-refractivity contribution in [2.24, 2.45) is 0 Å². The fourth-order valence-corrected chi connectivity index (χ4v) is 8.28. The first-order valence-corrected chi connectivity index (χ1v) is 18.1. The lowest BCUT2D eigenvalue weighted by Gasteiger charge is -2.30. The molecule has 0 fully saturated rings. The summed E-state index contributed by atoms with van der Waals surface area (Å²) in [6, 6.07) is 73.8. The molecule has 9 aromatic rings. The van der Waals surface area contributed by atoms with Gasteiger partial charge in [0.2, 0.25) is 0 Å². The molecule has 0 spiro atoms. The van der Waals surface area contributed by atoms with Crippen LogP contribution in [0.1, 0.15) is 22.3 Å². The summed E-state index contributed by atoms with van der Waals surface area (Å²) < 4.78 is 2.37. The quantitative estimate of drug-likeness (QED) is 0.165. The zero-order valence-electron chi connectivity index (χ0n) is 29.0. The van der Waals surface area contributed by atoms with Gasteiger partial charge in [-0.05, 0) is 101 Å². The van der Waals surface area contributed by atoms with E-state index in [2.05, 4.69) is 221 Å². The van der Waals surface area contributed by atoms with Gasteiger partial charge in [0.05, 0.1) is 11.0 Å². The van der Waals surface area contributed by atoms with Crippen LogP contribution in [-0.2, 0) is 5.41 Å². The highest BCUT2D eigenvalue weighted by atomic mass is 15.1. The number of fused-ring (bicyclic) bond motifs is 6. The average molecular weight is 675 g/mol. The number of anilines is 3. The van der Waals surface area contributed by atoms with Crippen LogP contribution in [0.4, 0.5) is 17.1 Å². The second kappa shape index (κ2) is 12.6. The van der Waals surface area contributed by atoms with Gasteiger partial charge in [-0.1, -0.05) is 145 Å². The molecule has 1 aliphatic rings. The molecule has 0 radical (unpaired) electrons. The standard InChI is InChI=1S/C51H34N2/c1-4-16-37(17-5-1)34-35-51(38-18-6-2-7-19-38)47-25-13-10-22-43(47)44-33-32-42(36-48(44)51)52(39-20-8-3-9-21-39)40-28-30-41(31-29-40)53-49-26-14-11-23-45(49)46-24-12-15-27-50(46)53/h1-33,36H. The molecule has 1 aliphatic carbocycles. The van der Waals surface area contributed by atoms with Crippen LogP contribution < -0.4 is 4.90 Å². The van der Waals surface area contributed by atoms with Crippen LogP contribution in [0.2, 0.25) is 0 Å². The lowest BCUT2D eigenvalue weighted by atomic mass is 9.72. The van der Waals surface area contributed by atoms with Gasteiger partial charge >= 0.3 is 0 Å².